The highest BCUT2D eigenvalue weighted by molar-refractivity contribution is 5.75. The number of nitrogens with one attached hydrogen (secondary N) is 1. The summed E-state index contributed by atoms with van der Waals surface area (Å²) in [7, 11) is 3.36. The summed E-state index contributed by atoms with van der Waals surface area (Å²) in [6.45, 7) is 3.92. The lowest BCUT2D eigenvalue weighted by molar-refractivity contribution is -0.142. The Labute approximate surface area is 174 Å². The first kappa shape index (κ1) is 22.0. The van der Waals surface area contributed by atoms with Gasteiger partial charge in [0.15, 0.2) is 5.69 Å². The fraction of sp³-hybridized carbons (Fsp3) is 0.524. The van der Waals surface area contributed by atoms with Crippen molar-refractivity contribution in [3.8, 4) is 5.69 Å². The summed E-state index contributed by atoms with van der Waals surface area (Å²) in [6, 6.07) is 8.23. The predicted octanol–water partition coefficient (Wildman–Crippen LogP) is 4.29. The Balaban J connectivity index is 2.08. The molecule has 1 fully saturated rings. The van der Waals surface area contributed by atoms with Crippen LogP contribution in [0.5, 0.6) is 0 Å². The van der Waals surface area contributed by atoms with Crippen LogP contribution in [0.25, 0.3) is 5.69 Å². The average Bonchev–Trinajstić information content (AvgIpc) is 3.37. The van der Waals surface area contributed by atoms with Crippen molar-refractivity contribution >= 4 is 11.8 Å². The zero-order valence-corrected chi connectivity index (χ0v) is 17.7. The second-order valence-electron chi connectivity index (χ2n) is 8.22. The number of hydrogen-bond donors (Lipinski definition) is 1. The molecule has 30 heavy (non-hydrogen) atoms. The number of amides is 2. The molecular formula is C21H28F3N5O. The molecule has 2 amide bonds. The van der Waals surface area contributed by atoms with Gasteiger partial charge in [-0.05, 0) is 44.7 Å². The molecule has 0 aliphatic heterocycles. The lowest BCUT2D eigenvalue weighted by Crippen LogP contribution is -2.43. The van der Waals surface area contributed by atoms with Gasteiger partial charge in [-0.2, -0.15) is 18.3 Å². The van der Waals surface area contributed by atoms with Crippen molar-refractivity contribution in [2.24, 2.45) is 5.92 Å². The molecule has 3 rings (SSSR count). The van der Waals surface area contributed by atoms with Crippen molar-refractivity contribution < 1.29 is 18.0 Å². The van der Waals surface area contributed by atoms with E-state index in [9.17, 15) is 18.0 Å². The largest absolute Gasteiger partial charge is 0.435 e. The number of urea groups is 1. The van der Waals surface area contributed by atoms with E-state index in [1.165, 1.54) is 9.58 Å². The summed E-state index contributed by atoms with van der Waals surface area (Å²) in [5.74, 6) is 0.649. The molecule has 1 N–H and O–H groups in total. The number of hydrogen-bond acceptors (Lipinski definition) is 3. The fourth-order valence-corrected chi connectivity index (χ4v) is 3.38. The summed E-state index contributed by atoms with van der Waals surface area (Å²) in [5.41, 5.74) is -0.442. The van der Waals surface area contributed by atoms with Crippen molar-refractivity contribution in [3.63, 3.8) is 0 Å². The minimum atomic E-state index is -4.64. The number of alkyl halides is 3. The van der Waals surface area contributed by atoms with Crippen LogP contribution >= 0.6 is 0 Å². The number of aromatic nitrogens is 2. The number of anilines is 1. The van der Waals surface area contributed by atoms with E-state index in [-0.39, 0.29) is 24.2 Å². The molecule has 1 aromatic heterocycles. The number of para-hydroxylation sites is 1. The second-order valence-corrected chi connectivity index (χ2v) is 8.22. The molecule has 9 heteroatoms. The van der Waals surface area contributed by atoms with E-state index in [1.54, 1.807) is 49.3 Å². The topological polar surface area (TPSA) is 53.4 Å². The summed E-state index contributed by atoms with van der Waals surface area (Å²) >= 11 is 0. The van der Waals surface area contributed by atoms with E-state index in [0.717, 1.165) is 12.8 Å². The second kappa shape index (κ2) is 8.57. The molecule has 0 bridgehead atoms. The van der Waals surface area contributed by atoms with Crippen LogP contribution in [0.3, 0.4) is 0 Å². The number of carbonyl (C=O) groups excluding carboxylic acids is 1. The molecule has 0 unspecified atom stereocenters. The molecule has 164 valence electrons. The van der Waals surface area contributed by atoms with Gasteiger partial charge in [-0.15, -0.1) is 0 Å². The number of benzene rings is 1. The van der Waals surface area contributed by atoms with Gasteiger partial charge in [-0.1, -0.05) is 18.2 Å². The Bertz CT molecular complexity index is 873. The van der Waals surface area contributed by atoms with Gasteiger partial charge in [0, 0.05) is 32.2 Å². The number of nitrogens with zero attached hydrogens (tertiary/aromatic N) is 4. The molecule has 0 atom stereocenters. The molecule has 1 saturated carbocycles. The van der Waals surface area contributed by atoms with Crippen LogP contribution in [0.1, 0.15) is 37.9 Å². The Morgan fingerprint density at radius 3 is 2.37 bits per heavy atom. The maximum Gasteiger partial charge on any atom is 0.435 e. The third kappa shape index (κ3) is 5.06. The van der Waals surface area contributed by atoms with Gasteiger partial charge in [0.2, 0.25) is 0 Å². The molecule has 1 aliphatic rings. The molecule has 6 nitrogen and oxygen atoms in total. The molecule has 1 aliphatic carbocycles. The Morgan fingerprint density at radius 1 is 1.23 bits per heavy atom. The summed E-state index contributed by atoms with van der Waals surface area (Å²) in [6.07, 6.45) is -2.66. The van der Waals surface area contributed by atoms with Crippen LogP contribution in [0.4, 0.5) is 23.8 Å². The van der Waals surface area contributed by atoms with Crippen molar-refractivity contribution in [2.75, 3.05) is 25.5 Å². The van der Waals surface area contributed by atoms with E-state index in [0.29, 0.717) is 24.0 Å². The van der Waals surface area contributed by atoms with E-state index in [4.69, 9.17) is 0 Å². The third-order valence-corrected chi connectivity index (χ3v) is 4.87. The van der Waals surface area contributed by atoms with Gasteiger partial charge in [-0.3, -0.25) is 0 Å². The quantitative estimate of drug-likeness (QED) is 0.723. The zero-order chi connectivity index (χ0) is 22.1. The molecule has 2 aromatic rings. The molecule has 0 saturated heterocycles. The molecule has 0 radical (unpaired) electrons. The van der Waals surface area contributed by atoms with Gasteiger partial charge >= 0.3 is 12.2 Å². The summed E-state index contributed by atoms with van der Waals surface area (Å²) in [5, 5.41) is 6.74. The predicted molar refractivity (Wildman–Crippen MR) is 110 cm³/mol. The van der Waals surface area contributed by atoms with Gasteiger partial charge in [0.1, 0.15) is 5.82 Å². The monoisotopic (exact) mass is 423 g/mol. The van der Waals surface area contributed by atoms with E-state index in [1.807, 2.05) is 13.8 Å². The highest BCUT2D eigenvalue weighted by atomic mass is 19.4. The van der Waals surface area contributed by atoms with Crippen LogP contribution in [0, 0.1) is 5.92 Å². The van der Waals surface area contributed by atoms with Gasteiger partial charge in [-0.25, -0.2) is 9.48 Å². The van der Waals surface area contributed by atoms with Crippen LogP contribution < -0.4 is 10.2 Å². The van der Waals surface area contributed by atoms with Crippen LogP contribution in [-0.4, -0.2) is 47.4 Å². The van der Waals surface area contributed by atoms with Crippen LogP contribution in [-0.2, 0) is 12.7 Å². The fourth-order valence-electron chi connectivity index (χ4n) is 3.38. The minimum absolute atomic E-state index is 0.00379. The van der Waals surface area contributed by atoms with Crippen molar-refractivity contribution in [2.45, 2.75) is 45.5 Å². The van der Waals surface area contributed by atoms with E-state index >= 15 is 0 Å². The van der Waals surface area contributed by atoms with E-state index < -0.39 is 11.9 Å². The molecular weight excluding hydrogens is 395 g/mol. The summed E-state index contributed by atoms with van der Waals surface area (Å²) in [4.78, 5) is 15.8. The summed E-state index contributed by atoms with van der Waals surface area (Å²) < 4.78 is 43.1. The molecule has 1 heterocycles. The van der Waals surface area contributed by atoms with Crippen molar-refractivity contribution in [1.82, 2.24) is 20.0 Å². The Morgan fingerprint density at radius 2 is 1.87 bits per heavy atom. The Kier molecular flexibility index (Phi) is 6.28. The maximum atomic E-state index is 13.9. The first-order valence-electron chi connectivity index (χ1n) is 10.0. The van der Waals surface area contributed by atoms with Gasteiger partial charge < -0.3 is 15.1 Å². The smallest absolute Gasteiger partial charge is 0.362 e. The lowest BCUT2D eigenvalue weighted by atomic mass is 10.2. The van der Waals surface area contributed by atoms with Crippen LogP contribution in [0.2, 0.25) is 0 Å². The lowest BCUT2D eigenvalue weighted by Gasteiger charge is -2.26. The van der Waals surface area contributed by atoms with E-state index in [2.05, 4.69) is 10.4 Å². The Hall–Kier alpha value is -2.71. The average molecular weight is 423 g/mol. The molecule has 1 aromatic carbocycles. The highest BCUT2D eigenvalue weighted by Crippen LogP contribution is 2.38. The maximum absolute atomic E-state index is 13.9. The normalized spacial score (nSPS) is 14.1. The number of carbonyl (C=O) groups is 1. The van der Waals surface area contributed by atoms with Gasteiger partial charge in [0.25, 0.3) is 0 Å². The number of rotatable bonds is 7. The first-order chi connectivity index (χ1) is 14.1. The van der Waals surface area contributed by atoms with Crippen LogP contribution in [0.15, 0.2) is 30.3 Å². The molecule has 0 spiro atoms. The first-order valence-corrected chi connectivity index (χ1v) is 10.0. The number of halogens is 3. The van der Waals surface area contributed by atoms with Crippen molar-refractivity contribution in [3.05, 3.63) is 41.6 Å². The zero-order valence-electron chi connectivity index (χ0n) is 17.7. The SMILES string of the molecule is CC(C)NC(=O)N(Cc1c(C(F)(F)F)nn(-c2ccccc2)c1N(C)C)CC1CC1. The van der Waals surface area contributed by atoms with Crippen molar-refractivity contribution in [1.29, 1.82) is 0 Å². The highest BCUT2D eigenvalue weighted by Gasteiger charge is 2.41. The van der Waals surface area contributed by atoms with Gasteiger partial charge in [0.05, 0.1) is 12.2 Å². The third-order valence-electron chi connectivity index (χ3n) is 4.87. The standard InChI is InChI=1S/C21H28F3N5O/c1-14(2)25-20(30)28(12-15-10-11-15)13-17-18(21(22,23)24)26-29(19(17)27(3)4)16-8-6-5-7-9-16/h5-9,14-15H,10-13H2,1-4H3,(H,25,30). The minimum Gasteiger partial charge on any atom is -0.362 e.